The number of thiophene rings is 1. The Morgan fingerprint density at radius 2 is 2.15 bits per heavy atom. The highest BCUT2D eigenvalue weighted by Gasteiger charge is 2.29. The Kier molecular flexibility index (Phi) is 5.67. The van der Waals surface area contributed by atoms with Crippen LogP contribution in [0.3, 0.4) is 0 Å². The average Bonchev–Trinajstić information content (AvgIpc) is 3.15. The molecule has 1 aliphatic rings. The lowest BCUT2D eigenvalue weighted by atomic mass is 10.0. The largest absolute Gasteiger partial charge is 0.462 e. The number of likely N-dealkylation sites (N-methyl/N-ethyl adjacent to an activating group) is 1. The van der Waals surface area contributed by atoms with Crippen LogP contribution in [0.2, 0.25) is 0 Å². The van der Waals surface area contributed by atoms with E-state index in [2.05, 4.69) is 22.4 Å². The number of nitrogens with zero attached hydrogens (tertiary/aromatic N) is 3. The van der Waals surface area contributed by atoms with Gasteiger partial charge >= 0.3 is 5.97 Å². The van der Waals surface area contributed by atoms with Gasteiger partial charge in [0.2, 0.25) is 0 Å². The number of carbonyl (C=O) groups excluding carboxylic acids is 2. The molecular formula is C19H26N4O3S. The van der Waals surface area contributed by atoms with Crippen LogP contribution in [-0.2, 0) is 17.7 Å². The second-order valence-electron chi connectivity index (χ2n) is 7.08. The Morgan fingerprint density at radius 3 is 2.81 bits per heavy atom. The number of carbonyl (C=O) groups is 2. The number of aromatic nitrogens is 2. The van der Waals surface area contributed by atoms with E-state index in [1.807, 2.05) is 20.8 Å². The lowest BCUT2D eigenvalue weighted by Crippen LogP contribution is -2.26. The van der Waals surface area contributed by atoms with Crippen LogP contribution in [0.15, 0.2) is 6.07 Å². The number of hydrogen-bond acceptors (Lipinski definition) is 6. The van der Waals surface area contributed by atoms with Crippen LogP contribution in [0.5, 0.6) is 0 Å². The topological polar surface area (TPSA) is 76.5 Å². The first-order valence-electron chi connectivity index (χ1n) is 9.19. The van der Waals surface area contributed by atoms with Crippen LogP contribution >= 0.6 is 11.3 Å². The Balaban J connectivity index is 1.97. The summed E-state index contributed by atoms with van der Waals surface area (Å²) in [6.07, 6.45) is 0.773. The predicted molar refractivity (Wildman–Crippen MR) is 106 cm³/mol. The zero-order chi connectivity index (χ0) is 19.7. The molecule has 1 aliphatic heterocycles. The summed E-state index contributed by atoms with van der Waals surface area (Å²) in [5.41, 5.74) is 2.78. The summed E-state index contributed by atoms with van der Waals surface area (Å²) in [4.78, 5) is 28.8. The van der Waals surface area contributed by atoms with Crippen molar-refractivity contribution in [1.82, 2.24) is 14.7 Å². The first-order valence-corrected chi connectivity index (χ1v) is 10.0. The van der Waals surface area contributed by atoms with E-state index in [1.165, 1.54) is 11.3 Å². The van der Waals surface area contributed by atoms with Gasteiger partial charge in [-0.15, -0.1) is 11.3 Å². The lowest BCUT2D eigenvalue weighted by Gasteiger charge is -2.22. The highest BCUT2D eigenvalue weighted by atomic mass is 32.1. The van der Waals surface area contributed by atoms with E-state index in [0.717, 1.165) is 35.6 Å². The Labute approximate surface area is 163 Å². The van der Waals surface area contributed by atoms with Gasteiger partial charge in [-0.25, -0.2) is 4.79 Å². The minimum Gasteiger partial charge on any atom is -0.462 e. The number of fused-ring (bicyclic) bond motifs is 1. The van der Waals surface area contributed by atoms with Gasteiger partial charge in [-0.3, -0.25) is 9.48 Å². The van der Waals surface area contributed by atoms with E-state index in [1.54, 1.807) is 17.7 Å². The first kappa shape index (κ1) is 19.6. The highest BCUT2D eigenvalue weighted by molar-refractivity contribution is 7.17. The normalized spacial score (nSPS) is 14.3. The number of nitrogens with one attached hydrogen (secondary N) is 1. The summed E-state index contributed by atoms with van der Waals surface area (Å²) >= 11 is 1.46. The molecule has 0 aliphatic carbocycles. The molecule has 0 bridgehead atoms. The molecule has 0 saturated carbocycles. The van der Waals surface area contributed by atoms with Crippen LogP contribution in [-0.4, -0.2) is 46.8 Å². The Hall–Kier alpha value is -2.19. The molecule has 2 aromatic rings. The van der Waals surface area contributed by atoms with Crippen molar-refractivity contribution in [3.63, 3.8) is 0 Å². The van der Waals surface area contributed by atoms with E-state index in [4.69, 9.17) is 4.74 Å². The maximum absolute atomic E-state index is 12.9. The number of amides is 1. The maximum atomic E-state index is 12.9. The van der Waals surface area contributed by atoms with Crippen LogP contribution in [0, 0.1) is 6.92 Å². The Morgan fingerprint density at radius 1 is 1.41 bits per heavy atom. The maximum Gasteiger partial charge on any atom is 0.341 e. The van der Waals surface area contributed by atoms with Crippen molar-refractivity contribution >= 4 is 28.2 Å². The molecule has 3 rings (SSSR count). The predicted octanol–water partition coefficient (Wildman–Crippen LogP) is 3.25. The molecule has 2 aromatic heterocycles. The molecule has 8 heteroatoms. The lowest BCUT2D eigenvalue weighted by molar-refractivity contribution is 0.0526. The van der Waals surface area contributed by atoms with E-state index in [-0.39, 0.29) is 17.9 Å². The monoisotopic (exact) mass is 390 g/mol. The second-order valence-corrected chi connectivity index (χ2v) is 8.18. The standard InChI is InChI=1S/C19H26N4O3S/c1-6-26-19(25)16-13-7-8-22(5)10-15(13)27-18(16)20-17(24)14-9-12(4)21-23(14)11(2)3/h9,11H,6-8,10H2,1-5H3,(H,20,24). The fraction of sp³-hybridized carbons (Fsp3) is 0.526. The van der Waals surface area contributed by atoms with Crippen molar-refractivity contribution in [3.8, 4) is 0 Å². The number of hydrogen-bond donors (Lipinski definition) is 1. The molecule has 0 saturated heterocycles. The van der Waals surface area contributed by atoms with Crippen molar-refractivity contribution in [2.24, 2.45) is 0 Å². The number of esters is 1. The summed E-state index contributed by atoms with van der Waals surface area (Å²) in [6.45, 7) is 9.55. The van der Waals surface area contributed by atoms with Gasteiger partial charge in [-0.05, 0) is 52.8 Å². The summed E-state index contributed by atoms with van der Waals surface area (Å²) in [7, 11) is 2.05. The second kappa shape index (κ2) is 7.82. The van der Waals surface area contributed by atoms with Crippen molar-refractivity contribution in [2.75, 3.05) is 25.5 Å². The van der Waals surface area contributed by atoms with Crippen LogP contribution in [0.25, 0.3) is 0 Å². The molecule has 0 atom stereocenters. The molecule has 0 aromatic carbocycles. The average molecular weight is 391 g/mol. The van der Waals surface area contributed by atoms with Gasteiger partial charge in [0, 0.05) is 24.0 Å². The van der Waals surface area contributed by atoms with E-state index >= 15 is 0 Å². The fourth-order valence-electron chi connectivity index (χ4n) is 3.29. The smallest absolute Gasteiger partial charge is 0.341 e. The zero-order valence-corrected chi connectivity index (χ0v) is 17.3. The van der Waals surface area contributed by atoms with Crippen molar-refractivity contribution in [2.45, 2.75) is 46.7 Å². The first-order chi connectivity index (χ1) is 12.8. The fourth-order valence-corrected chi connectivity index (χ4v) is 4.60. The van der Waals surface area contributed by atoms with Gasteiger partial charge in [-0.2, -0.15) is 5.10 Å². The van der Waals surface area contributed by atoms with Crippen molar-refractivity contribution < 1.29 is 14.3 Å². The molecule has 146 valence electrons. The quantitative estimate of drug-likeness (QED) is 0.793. The molecule has 3 heterocycles. The minimum absolute atomic E-state index is 0.0640. The molecular weight excluding hydrogens is 364 g/mol. The van der Waals surface area contributed by atoms with E-state index < -0.39 is 0 Å². The van der Waals surface area contributed by atoms with Gasteiger partial charge < -0.3 is 15.0 Å². The summed E-state index contributed by atoms with van der Waals surface area (Å²) in [5.74, 6) is -0.634. The van der Waals surface area contributed by atoms with Gasteiger partial charge in [-0.1, -0.05) is 0 Å². The molecule has 0 fully saturated rings. The summed E-state index contributed by atoms with van der Waals surface area (Å²) in [5, 5.41) is 7.90. The van der Waals surface area contributed by atoms with Crippen molar-refractivity contribution in [1.29, 1.82) is 0 Å². The van der Waals surface area contributed by atoms with Crippen molar-refractivity contribution in [3.05, 3.63) is 33.5 Å². The number of rotatable bonds is 5. The molecule has 1 N–H and O–H groups in total. The van der Waals surface area contributed by atoms with Crippen LogP contribution in [0.4, 0.5) is 5.00 Å². The van der Waals surface area contributed by atoms with E-state index in [0.29, 0.717) is 22.9 Å². The van der Waals surface area contributed by atoms with Gasteiger partial charge in [0.15, 0.2) is 0 Å². The molecule has 0 spiro atoms. The third-order valence-corrected chi connectivity index (χ3v) is 5.67. The van der Waals surface area contributed by atoms with Crippen LogP contribution in [0.1, 0.15) is 63.8 Å². The zero-order valence-electron chi connectivity index (χ0n) is 16.5. The number of aryl methyl sites for hydroxylation is 1. The molecule has 0 unspecified atom stereocenters. The van der Waals surface area contributed by atoms with Gasteiger partial charge in [0.1, 0.15) is 10.7 Å². The molecule has 7 nitrogen and oxygen atoms in total. The van der Waals surface area contributed by atoms with Gasteiger partial charge in [0.25, 0.3) is 5.91 Å². The van der Waals surface area contributed by atoms with Crippen LogP contribution < -0.4 is 5.32 Å². The summed E-state index contributed by atoms with van der Waals surface area (Å²) in [6, 6.07) is 1.83. The number of anilines is 1. The highest BCUT2D eigenvalue weighted by Crippen LogP contribution is 2.37. The SMILES string of the molecule is CCOC(=O)c1c(NC(=O)c2cc(C)nn2C(C)C)sc2c1CCN(C)C2. The van der Waals surface area contributed by atoms with Gasteiger partial charge in [0.05, 0.1) is 17.9 Å². The molecule has 0 radical (unpaired) electrons. The number of ether oxygens (including phenoxy) is 1. The Bertz CT molecular complexity index is 869. The molecule has 27 heavy (non-hydrogen) atoms. The molecule has 1 amide bonds. The third-order valence-electron chi connectivity index (χ3n) is 4.53. The minimum atomic E-state index is -0.372. The third kappa shape index (κ3) is 3.91. The summed E-state index contributed by atoms with van der Waals surface area (Å²) < 4.78 is 6.96. The van der Waals surface area contributed by atoms with E-state index in [9.17, 15) is 9.59 Å².